The maximum atomic E-state index is 12.3. The van der Waals surface area contributed by atoms with Crippen molar-refractivity contribution in [3.8, 4) is 22.6 Å². The maximum absolute atomic E-state index is 12.3. The van der Waals surface area contributed by atoms with Crippen LogP contribution in [0.2, 0.25) is 0 Å². The van der Waals surface area contributed by atoms with Gasteiger partial charge >= 0.3 is 0 Å². The third-order valence-corrected chi connectivity index (χ3v) is 4.59. The molecule has 6 heteroatoms. The Bertz CT molecular complexity index is 1020. The molecule has 0 spiro atoms. The fourth-order valence-corrected chi connectivity index (χ4v) is 3.02. The van der Waals surface area contributed by atoms with E-state index in [1.807, 2.05) is 60.7 Å². The molecule has 0 aromatic heterocycles. The van der Waals surface area contributed by atoms with E-state index in [9.17, 15) is 9.59 Å². The molecule has 0 atom stereocenters. The van der Waals surface area contributed by atoms with Crippen molar-refractivity contribution in [2.24, 2.45) is 0 Å². The van der Waals surface area contributed by atoms with Gasteiger partial charge in [-0.1, -0.05) is 48.5 Å². The highest BCUT2D eigenvalue weighted by Crippen LogP contribution is 2.32. The number of ether oxygens (including phenoxy) is 2. The first kappa shape index (κ1) is 18.6. The summed E-state index contributed by atoms with van der Waals surface area (Å²) in [5.41, 5.74) is 3.52. The SMILES string of the molecule is O=C(CNC(=O)c1ccc(-c2ccccc2)cc1)NCc1ccc2c(c1)OCO2. The van der Waals surface area contributed by atoms with Crippen LogP contribution in [0.3, 0.4) is 0 Å². The first-order valence-corrected chi connectivity index (χ1v) is 9.28. The lowest BCUT2D eigenvalue weighted by atomic mass is 10.0. The minimum atomic E-state index is -0.289. The predicted octanol–water partition coefficient (Wildman–Crippen LogP) is 3.13. The zero-order chi connectivity index (χ0) is 20.1. The first-order valence-electron chi connectivity index (χ1n) is 9.28. The van der Waals surface area contributed by atoms with Gasteiger partial charge in [0.15, 0.2) is 11.5 Å². The van der Waals surface area contributed by atoms with Crippen LogP contribution in [-0.4, -0.2) is 25.2 Å². The van der Waals surface area contributed by atoms with Gasteiger partial charge in [0.25, 0.3) is 5.91 Å². The monoisotopic (exact) mass is 388 g/mol. The normalized spacial score (nSPS) is 11.7. The minimum Gasteiger partial charge on any atom is -0.454 e. The Kier molecular flexibility index (Phi) is 5.42. The third-order valence-electron chi connectivity index (χ3n) is 4.59. The van der Waals surface area contributed by atoms with Gasteiger partial charge in [-0.05, 0) is 41.0 Å². The van der Waals surface area contributed by atoms with Crippen LogP contribution in [0, 0.1) is 0 Å². The van der Waals surface area contributed by atoms with E-state index < -0.39 is 0 Å². The van der Waals surface area contributed by atoms with Gasteiger partial charge in [-0.25, -0.2) is 0 Å². The number of rotatable bonds is 6. The summed E-state index contributed by atoms with van der Waals surface area (Å²) in [7, 11) is 0. The number of carbonyl (C=O) groups is 2. The topological polar surface area (TPSA) is 76.7 Å². The lowest BCUT2D eigenvalue weighted by Crippen LogP contribution is -2.36. The molecule has 3 aromatic carbocycles. The lowest BCUT2D eigenvalue weighted by molar-refractivity contribution is -0.120. The second-order valence-electron chi connectivity index (χ2n) is 6.59. The molecule has 2 N–H and O–H groups in total. The van der Waals surface area contributed by atoms with Crippen LogP contribution in [0.1, 0.15) is 15.9 Å². The fraction of sp³-hybridized carbons (Fsp3) is 0.130. The summed E-state index contributed by atoms with van der Waals surface area (Å²) in [6, 6.07) is 22.7. The smallest absolute Gasteiger partial charge is 0.251 e. The molecule has 0 radical (unpaired) electrons. The Labute approximate surface area is 168 Å². The molecule has 0 bridgehead atoms. The molecule has 0 aliphatic carbocycles. The van der Waals surface area contributed by atoms with E-state index in [0.717, 1.165) is 16.7 Å². The summed E-state index contributed by atoms with van der Waals surface area (Å²) in [4.78, 5) is 24.3. The Hall–Kier alpha value is -3.80. The number of nitrogens with one attached hydrogen (secondary N) is 2. The second kappa shape index (κ2) is 8.48. The van der Waals surface area contributed by atoms with Crippen molar-refractivity contribution < 1.29 is 19.1 Å². The standard InChI is InChI=1S/C23H20N2O4/c26-22(24-13-16-6-11-20-21(12-16)29-15-28-20)14-25-23(27)19-9-7-18(8-10-19)17-4-2-1-3-5-17/h1-12H,13-15H2,(H,24,26)(H,25,27). The molecular weight excluding hydrogens is 368 g/mol. The molecule has 1 aliphatic heterocycles. The molecule has 1 heterocycles. The van der Waals surface area contributed by atoms with Crippen LogP contribution in [0.5, 0.6) is 11.5 Å². The average molecular weight is 388 g/mol. The Morgan fingerprint density at radius 2 is 1.52 bits per heavy atom. The van der Waals surface area contributed by atoms with Gasteiger partial charge in [0.05, 0.1) is 6.54 Å². The molecule has 3 aromatic rings. The Morgan fingerprint density at radius 3 is 2.31 bits per heavy atom. The van der Waals surface area contributed by atoms with E-state index in [1.54, 1.807) is 12.1 Å². The van der Waals surface area contributed by atoms with Crippen LogP contribution in [0.4, 0.5) is 0 Å². The van der Waals surface area contributed by atoms with E-state index in [0.29, 0.717) is 23.6 Å². The Morgan fingerprint density at radius 1 is 0.793 bits per heavy atom. The third kappa shape index (κ3) is 4.55. The number of amides is 2. The van der Waals surface area contributed by atoms with Crippen molar-refractivity contribution in [2.75, 3.05) is 13.3 Å². The van der Waals surface area contributed by atoms with Crippen LogP contribution in [-0.2, 0) is 11.3 Å². The molecular formula is C23H20N2O4. The highest BCUT2D eigenvalue weighted by molar-refractivity contribution is 5.96. The molecule has 29 heavy (non-hydrogen) atoms. The molecule has 0 fully saturated rings. The lowest BCUT2D eigenvalue weighted by Gasteiger charge is -2.08. The molecule has 1 aliphatic rings. The van der Waals surface area contributed by atoms with Gasteiger partial charge in [-0.3, -0.25) is 9.59 Å². The van der Waals surface area contributed by atoms with Gasteiger partial charge in [-0.15, -0.1) is 0 Å². The maximum Gasteiger partial charge on any atom is 0.251 e. The van der Waals surface area contributed by atoms with Gasteiger partial charge in [0, 0.05) is 12.1 Å². The number of benzene rings is 3. The quantitative estimate of drug-likeness (QED) is 0.680. The van der Waals surface area contributed by atoms with Crippen LogP contribution < -0.4 is 20.1 Å². The van der Waals surface area contributed by atoms with Crippen molar-refractivity contribution in [2.45, 2.75) is 6.54 Å². The molecule has 6 nitrogen and oxygen atoms in total. The summed E-state index contributed by atoms with van der Waals surface area (Å²) in [5, 5.41) is 5.42. The molecule has 0 saturated carbocycles. The van der Waals surface area contributed by atoms with Crippen LogP contribution in [0.25, 0.3) is 11.1 Å². The van der Waals surface area contributed by atoms with Gasteiger partial charge in [0.2, 0.25) is 12.7 Å². The minimum absolute atomic E-state index is 0.0934. The van der Waals surface area contributed by atoms with E-state index >= 15 is 0 Å². The van der Waals surface area contributed by atoms with Crippen molar-refractivity contribution in [1.82, 2.24) is 10.6 Å². The van der Waals surface area contributed by atoms with E-state index in [4.69, 9.17) is 9.47 Å². The number of hydrogen-bond donors (Lipinski definition) is 2. The number of hydrogen-bond acceptors (Lipinski definition) is 4. The highest BCUT2D eigenvalue weighted by Gasteiger charge is 2.13. The van der Waals surface area contributed by atoms with Gasteiger partial charge < -0.3 is 20.1 Å². The molecule has 2 amide bonds. The Balaban J connectivity index is 1.26. The average Bonchev–Trinajstić information content (AvgIpc) is 3.24. The number of fused-ring (bicyclic) bond motifs is 1. The fourth-order valence-electron chi connectivity index (χ4n) is 3.02. The number of carbonyl (C=O) groups excluding carboxylic acids is 2. The molecule has 0 saturated heterocycles. The summed E-state index contributed by atoms with van der Waals surface area (Å²) >= 11 is 0. The zero-order valence-corrected chi connectivity index (χ0v) is 15.7. The van der Waals surface area contributed by atoms with E-state index in [1.165, 1.54) is 0 Å². The van der Waals surface area contributed by atoms with Crippen molar-refractivity contribution >= 4 is 11.8 Å². The van der Waals surface area contributed by atoms with Crippen molar-refractivity contribution in [3.05, 3.63) is 83.9 Å². The van der Waals surface area contributed by atoms with Crippen LogP contribution in [0.15, 0.2) is 72.8 Å². The summed E-state index contributed by atoms with van der Waals surface area (Å²) < 4.78 is 10.6. The van der Waals surface area contributed by atoms with Gasteiger partial charge in [0.1, 0.15) is 0 Å². The van der Waals surface area contributed by atoms with E-state index in [2.05, 4.69) is 10.6 Å². The van der Waals surface area contributed by atoms with Crippen molar-refractivity contribution in [3.63, 3.8) is 0 Å². The second-order valence-corrected chi connectivity index (χ2v) is 6.59. The summed E-state index contributed by atoms with van der Waals surface area (Å²) in [6.07, 6.45) is 0. The highest BCUT2D eigenvalue weighted by atomic mass is 16.7. The molecule has 146 valence electrons. The summed E-state index contributed by atoms with van der Waals surface area (Å²) in [6.45, 7) is 0.463. The molecule has 4 rings (SSSR count). The zero-order valence-electron chi connectivity index (χ0n) is 15.7. The first-order chi connectivity index (χ1) is 14.2. The largest absolute Gasteiger partial charge is 0.454 e. The predicted molar refractivity (Wildman–Crippen MR) is 109 cm³/mol. The summed E-state index contributed by atoms with van der Waals surface area (Å²) in [5.74, 6) is 0.814. The van der Waals surface area contributed by atoms with Gasteiger partial charge in [-0.2, -0.15) is 0 Å². The molecule has 0 unspecified atom stereocenters. The van der Waals surface area contributed by atoms with Crippen molar-refractivity contribution in [1.29, 1.82) is 0 Å². The van der Waals surface area contributed by atoms with Crippen LogP contribution >= 0.6 is 0 Å². The van der Waals surface area contributed by atoms with E-state index in [-0.39, 0.29) is 25.2 Å².